The Hall–Kier alpha value is -1.31. The minimum absolute atomic E-state index is 0.0658. The Bertz CT molecular complexity index is 569. The Morgan fingerprint density at radius 3 is 3.10 bits per heavy atom. The first-order valence-corrected chi connectivity index (χ1v) is 8.67. The first-order valence-electron chi connectivity index (χ1n) is 7.79. The summed E-state index contributed by atoms with van der Waals surface area (Å²) in [5.41, 5.74) is 0.817. The third-order valence-corrected chi connectivity index (χ3v) is 5.49. The number of amides is 1. The van der Waals surface area contributed by atoms with E-state index < -0.39 is 0 Å². The van der Waals surface area contributed by atoms with Gasteiger partial charge in [-0.1, -0.05) is 24.7 Å². The average Bonchev–Trinajstić information content (AvgIpc) is 3.13. The van der Waals surface area contributed by atoms with Crippen LogP contribution in [0.2, 0.25) is 0 Å². The van der Waals surface area contributed by atoms with Gasteiger partial charge in [-0.15, -0.1) is 11.3 Å². The van der Waals surface area contributed by atoms with Crippen molar-refractivity contribution < 1.29 is 9.90 Å². The van der Waals surface area contributed by atoms with Crippen LogP contribution >= 0.6 is 11.3 Å². The lowest BCUT2D eigenvalue weighted by Gasteiger charge is -2.31. The molecule has 1 saturated carbocycles. The van der Waals surface area contributed by atoms with Gasteiger partial charge in [-0.3, -0.25) is 4.79 Å². The van der Waals surface area contributed by atoms with Crippen molar-refractivity contribution in [2.45, 2.75) is 44.6 Å². The van der Waals surface area contributed by atoms with E-state index in [0.717, 1.165) is 29.8 Å². The molecule has 0 aromatic carbocycles. The fraction of sp³-hybridized carbons (Fsp3) is 0.588. The summed E-state index contributed by atoms with van der Waals surface area (Å²) < 4.78 is 0. The smallest absolute Gasteiger partial charge is 0.265 e. The standard InChI is InChI=1S/C17H21NO2S/c19-11-4-3-6-14-9-12-21-16(14)17(20)18-10-8-13-5-1-2-7-15(13)18/h9,12-13,15,19H,1-2,4-5,7-8,10-11H2. The number of likely N-dealkylation sites (tertiary alicyclic amines) is 1. The van der Waals surface area contributed by atoms with E-state index in [-0.39, 0.29) is 12.5 Å². The predicted molar refractivity (Wildman–Crippen MR) is 84.3 cm³/mol. The molecule has 1 aliphatic carbocycles. The first-order chi connectivity index (χ1) is 10.3. The summed E-state index contributed by atoms with van der Waals surface area (Å²) in [4.78, 5) is 15.7. The molecule has 1 N–H and O–H groups in total. The van der Waals surface area contributed by atoms with Gasteiger partial charge in [-0.05, 0) is 36.6 Å². The Morgan fingerprint density at radius 1 is 1.38 bits per heavy atom. The largest absolute Gasteiger partial charge is 0.395 e. The number of aliphatic hydroxyl groups is 1. The van der Waals surface area contributed by atoms with Crippen LogP contribution in [0.1, 0.15) is 53.8 Å². The second kappa shape index (κ2) is 6.64. The van der Waals surface area contributed by atoms with Crippen LogP contribution in [0.5, 0.6) is 0 Å². The number of thiophene rings is 1. The van der Waals surface area contributed by atoms with Crippen molar-refractivity contribution in [1.29, 1.82) is 0 Å². The van der Waals surface area contributed by atoms with Crippen LogP contribution in [-0.4, -0.2) is 35.1 Å². The molecule has 3 nitrogen and oxygen atoms in total. The molecule has 2 atom stereocenters. The summed E-state index contributed by atoms with van der Waals surface area (Å²) in [6.07, 6.45) is 6.62. The molecule has 0 radical (unpaired) electrons. The fourth-order valence-electron chi connectivity index (χ4n) is 3.58. The van der Waals surface area contributed by atoms with E-state index in [4.69, 9.17) is 5.11 Å². The van der Waals surface area contributed by atoms with Gasteiger partial charge in [0, 0.05) is 24.6 Å². The molecular formula is C17H21NO2S. The lowest BCUT2D eigenvalue weighted by molar-refractivity contribution is 0.0695. The molecule has 1 aromatic heterocycles. The molecule has 0 bridgehead atoms. The molecule has 2 unspecified atom stereocenters. The van der Waals surface area contributed by atoms with Crippen LogP contribution in [0.25, 0.3) is 0 Å². The van der Waals surface area contributed by atoms with E-state index in [1.165, 1.54) is 30.6 Å². The van der Waals surface area contributed by atoms with Crippen molar-refractivity contribution in [3.05, 3.63) is 21.9 Å². The van der Waals surface area contributed by atoms with E-state index in [1.807, 2.05) is 11.4 Å². The zero-order valence-corrected chi connectivity index (χ0v) is 13.0. The second-order valence-electron chi connectivity index (χ2n) is 5.84. The summed E-state index contributed by atoms with van der Waals surface area (Å²) in [5.74, 6) is 6.81. The summed E-state index contributed by atoms with van der Waals surface area (Å²) in [6.45, 7) is 0.964. The Kier molecular flexibility index (Phi) is 4.62. The summed E-state index contributed by atoms with van der Waals surface area (Å²) in [6, 6.07) is 2.36. The van der Waals surface area contributed by atoms with Gasteiger partial charge < -0.3 is 10.0 Å². The Balaban J connectivity index is 1.77. The molecule has 1 aromatic rings. The highest BCUT2D eigenvalue weighted by molar-refractivity contribution is 7.12. The van der Waals surface area contributed by atoms with Crippen molar-refractivity contribution in [1.82, 2.24) is 4.90 Å². The summed E-state index contributed by atoms with van der Waals surface area (Å²) in [7, 11) is 0. The van der Waals surface area contributed by atoms with Crippen LogP contribution in [0.15, 0.2) is 11.4 Å². The third-order valence-electron chi connectivity index (χ3n) is 4.59. The third kappa shape index (κ3) is 3.00. The highest BCUT2D eigenvalue weighted by atomic mass is 32.1. The molecule has 2 fully saturated rings. The van der Waals surface area contributed by atoms with Crippen LogP contribution in [0.3, 0.4) is 0 Å². The van der Waals surface area contributed by atoms with Crippen molar-refractivity contribution in [2.75, 3.05) is 13.2 Å². The van der Waals surface area contributed by atoms with Gasteiger partial charge in [0.1, 0.15) is 4.88 Å². The van der Waals surface area contributed by atoms with Crippen LogP contribution in [0.4, 0.5) is 0 Å². The number of hydrogen-bond donors (Lipinski definition) is 1. The number of carbonyl (C=O) groups excluding carboxylic acids is 1. The van der Waals surface area contributed by atoms with Gasteiger partial charge >= 0.3 is 0 Å². The predicted octanol–water partition coefficient (Wildman–Crippen LogP) is 2.89. The van der Waals surface area contributed by atoms with E-state index in [0.29, 0.717) is 18.4 Å². The molecule has 0 spiro atoms. The zero-order valence-electron chi connectivity index (χ0n) is 12.2. The SMILES string of the molecule is O=C(c1sccc1C#CCCO)N1CCC2CCCCC21. The summed E-state index contributed by atoms with van der Waals surface area (Å²) >= 11 is 1.49. The number of carbonyl (C=O) groups is 1. The molecule has 3 rings (SSSR count). The quantitative estimate of drug-likeness (QED) is 0.854. The molecule has 1 amide bonds. The lowest BCUT2D eigenvalue weighted by atomic mass is 9.85. The first kappa shape index (κ1) is 14.6. The van der Waals surface area contributed by atoms with Crippen LogP contribution in [-0.2, 0) is 0 Å². The lowest BCUT2D eigenvalue weighted by Crippen LogP contribution is -2.39. The second-order valence-corrected chi connectivity index (χ2v) is 6.75. The van der Waals surface area contributed by atoms with Crippen LogP contribution in [0, 0.1) is 17.8 Å². The molecule has 2 aliphatic rings. The van der Waals surface area contributed by atoms with Crippen molar-refractivity contribution in [2.24, 2.45) is 5.92 Å². The van der Waals surface area contributed by atoms with Crippen molar-refractivity contribution in [3.8, 4) is 11.8 Å². The minimum atomic E-state index is 0.0658. The van der Waals surface area contributed by atoms with Gasteiger partial charge in [0.15, 0.2) is 0 Å². The maximum Gasteiger partial charge on any atom is 0.265 e. The molecule has 4 heteroatoms. The van der Waals surface area contributed by atoms with Gasteiger partial charge in [0.2, 0.25) is 0 Å². The van der Waals surface area contributed by atoms with E-state index >= 15 is 0 Å². The average molecular weight is 303 g/mol. The van der Waals surface area contributed by atoms with E-state index in [9.17, 15) is 4.79 Å². The molecule has 21 heavy (non-hydrogen) atoms. The number of fused-ring (bicyclic) bond motifs is 1. The Morgan fingerprint density at radius 2 is 2.24 bits per heavy atom. The Labute approximate surface area is 130 Å². The topological polar surface area (TPSA) is 40.5 Å². The zero-order chi connectivity index (χ0) is 14.7. The highest BCUT2D eigenvalue weighted by Crippen LogP contribution is 2.37. The number of nitrogens with zero attached hydrogens (tertiary/aromatic N) is 1. The van der Waals surface area contributed by atoms with Crippen molar-refractivity contribution >= 4 is 17.2 Å². The fourth-order valence-corrected chi connectivity index (χ4v) is 4.38. The molecule has 1 aliphatic heterocycles. The molecular weight excluding hydrogens is 282 g/mol. The van der Waals surface area contributed by atoms with Crippen molar-refractivity contribution in [3.63, 3.8) is 0 Å². The molecule has 1 saturated heterocycles. The number of rotatable bonds is 2. The monoisotopic (exact) mass is 303 g/mol. The molecule has 2 heterocycles. The van der Waals surface area contributed by atoms with Gasteiger partial charge in [-0.2, -0.15) is 0 Å². The highest BCUT2D eigenvalue weighted by Gasteiger charge is 2.39. The minimum Gasteiger partial charge on any atom is -0.395 e. The van der Waals surface area contributed by atoms with Gasteiger partial charge in [-0.25, -0.2) is 0 Å². The van der Waals surface area contributed by atoms with Crippen LogP contribution < -0.4 is 0 Å². The van der Waals surface area contributed by atoms with E-state index in [1.54, 1.807) is 0 Å². The number of hydrogen-bond acceptors (Lipinski definition) is 3. The maximum atomic E-state index is 12.8. The van der Waals surface area contributed by atoms with E-state index in [2.05, 4.69) is 16.7 Å². The molecule has 112 valence electrons. The van der Waals surface area contributed by atoms with Gasteiger partial charge in [0.25, 0.3) is 5.91 Å². The van der Waals surface area contributed by atoms with Gasteiger partial charge in [0.05, 0.1) is 6.61 Å². The number of aliphatic hydroxyl groups excluding tert-OH is 1. The maximum absolute atomic E-state index is 12.8. The summed E-state index contributed by atoms with van der Waals surface area (Å²) in [5, 5.41) is 10.7. The normalized spacial score (nSPS) is 24.3.